The predicted octanol–water partition coefficient (Wildman–Crippen LogP) is 1.90. The van der Waals surface area contributed by atoms with Gasteiger partial charge in [0, 0.05) is 19.2 Å². The Morgan fingerprint density at radius 1 is 1.18 bits per heavy atom. The summed E-state index contributed by atoms with van der Waals surface area (Å²) in [5.74, 6) is 0.699. The van der Waals surface area contributed by atoms with Crippen LogP contribution in [0.1, 0.15) is 27.6 Å². The minimum atomic E-state index is -0.417. The van der Waals surface area contributed by atoms with E-state index in [4.69, 9.17) is 13.7 Å². The van der Waals surface area contributed by atoms with E-state index in [1.54, 1.807) is 20.1 Å². The number of carbonyl (C=O) groups excluding carboxylic acids is 2. The van der Waals surface area contributed by atoms with Crippen LogP contribution in [0.3, 0.4) is 0 Å². The van der Waals surface area contributed by atoms with Gasteiger partial charge in [0.25, 0.3) is 11.6 Å². The largest absolute Gasteiger partial charge is 0.466 e. The number of amides is 2. The molecule has 9 heteroatoms. The lowest BCUT2D eigenvalue weighted by atomic mass is 10.1. The number of aryl methyl sites for hydroxylation is 3. The zero-order valence-electron chi connectivity index (χ0n) is 16.2. The molecule has 3 aromatic rings. The highest BCUT2D eigenvalue weighted by molar-refractivity contribution is 6.07. The van der Waals surface area contributed by atoms with E-state index >= 15 is 0 Å². The van der Waals surface area contributed by atoms with E-state index in [-0.39, 0.29) is 18.2 Å². The topological polar surface area (TPSA) is 119 Å². The first-order chi connectivity index (χ1) is 13.4. The van der Waals surface area contributed by atoms with Gasteiger partial charge in [0.1, 0.15) is 11.5 Å². The molecule has 148 valence electrons. The minimum Gasteiger partial charge on any atom is -0.466 e. The zero-order valence-corrected chi connectivity index (χ0v) is 16.2. The number of fused-ring (bicyclic) bond motifs is 1. The summed E-state index contributed by atoms with van der Waals surface area (Å²) < 4.78 is 15.7. The fraction of sp³-hybridized carbons (Fsp3) is 0.368. The Kier molecular flexibility index (Phi) is 5.74. The first-order valence-corrected chi connectivity index (χ1v) is 8.79. The SMILES string of the molecule is COCCNC(=O)CNC(=O)c1cc(-c2cc(C)oc2C)nc2onc(C)c12. The highest BCUT2D eigenvalue weighted by Gasteiger charge is 2.21. The number of nitrogens with zero attached hydrogens (tertiary/aromatic N) is 2. The third kappa shape index (κ3) is 4.04. The number of carbonyl (C=O) groups is 2. The standard InChI is InChI=1S/C19H22N4O5/c1-10-7-13(12(3)27-10)15-8-14(17-11(2)23-28-19(17)22-15)18(25)21-9-16(24)20-5-6-26-4/h7-8H,5-6,9H2,1-4H3,(H,20,24)(H,21,25). The molecule has 0 spiro atoms. The van der Waals surface area contributed by atoms with E-state index in [9.17, 15) is 9.59 Å². The maximum absolute atomic E-state index is 12.8. The molecule has 28 heavy (non-hydrogen) atoms. The number of methoxy groups -OCH3 is 1. The number of nitrogens with one attached hydrogen (secondary N) is 2. The van der Waals surface area contributed by atoms with Crippen LogP contribution in [0.15, 0.2) is 21.1 Å². The fourth-order valence-corrected chi connectivity index (χ4v) is 2.91. The van der Waals surface area contributed by atoms with E-state index in [2.05, 4.69) is 20.8 Å². The van der Waals surface area contributed by atoms with Crippen molar-refractivity contribution >= 4 is 22.9 Å². The molecule has 0 aliphatic heterocycles. The van der Waals surface area contributed by atoms with Crippen LogP contribution in [-0.4, -0.2) is 48.8 Å². The molecule has 0 bridgehead atoms. The Morgan fingerprint density at radius 2 is 1.96 bits per heavy atom. The normalized spacial score (nSPS) is 11.0. The molecule has 0 radical (unpaired) electrons. The van der Waals surface area contributed by atoms with Gasteiger partial charge >= 0.3 is 0 Å². The van der Waals surface area contributed by atoms with Crippen LogP contribution in [0.5, 0.6) is 0 Å². The van der Waals surface area contributed by atoms with Crippen molar-refractivity contribution in [3.8, 4) is 11.3 Å². The molecule has 3 heterocycles. The monoisotopic (exact) mass is 386 g/mol. The fourth-order valence-electron chi connectivity index (χ4n) is 2.91. The second-order valence-corrected chi connectivity index (χ2v) is 6.36. The second kappa shape index (κ2) is 8.22. The number of hydrogen-bond donors (Lipinski definition) is 2. The van der Waals surface area contributed by atoms with Gasteiger partial charge in [-0.3, -0.25) is 9.59 Å². The van der Waals surface area contributed by atoms with E-state index in [0.29, 0.717) is 41.2 Å². The number of ether oxygens (including phenoxy) is 1. The van der Waals surface area contributed by atoms with Crippen LogP contribution in [0, 0.1) is 20.8 Å². The highest BCUT2D eigenvalue weighted by atomic mass is 16.5. The van der Waals surface area contributed by atoms with Gasteiger partial charge in [-0.15, -0.1) is 0 Å². The summed E-state index contributed by atoms with van der Waals surface area (Å²) >= 11 is 0. The first kappa shape index (κ1) is 19.6. The summed E-state index contributed by atoms with van der Waals surface area (Å²) in [6, 6.07) is 3.50. The summed E-state index contributed by atoms with van der Waals surface area (Å²) in [7, 11) is 1.55. The van der Waals surface area contributed by atoms with Crippen LogP contribution in [0.4, 0.5) is 0 Å². The number of rotatable bonds is 7. The van der Waals surface area contributed by atoms with Crippen molar-refractivity contribution in [3.05, 3.63) is 34.9 Å². The number of furan rings is 1. The minimum absolute atomic E-state index is 0.157. The molecular weight excluding hydrogens is 364 g/mol. The Hall–Kier alpha value is -3.20. The summed E-state index contributed by atoms with van der Waals surface area (Å²) in [6.45, 7) is 6.01. The summed E-state index contributed by atoms with van der Waals surface area (Å²) in [4.78, 5) is 29.1. The molecule has 2 amide bonds. The molecule has 9 nitrogen and oxygen atoms in total. The quantitative estimate of drug-likeness (QED) is 0.595. The molecule has 0 unspecified atom stereocenters. The first-order valence-electron chi connectivity index (χ1n) is 8.79. The van der Waals surface area contributed by atoms with Crippen LogP contribution >= 0.6 is 0 Å². The van der Waals surface area contributed by atoms with Crippen molar-refractivity contribution < 1.29 is 23.3 Å². The highest BCUT2D eigenvalue weighted by Crippen LogP contribution is 2.30. The molecule has 0 aromatic carbocycles. The number of aromatic nitrogens is 2. The Labute approximate surface area is 161 Å². The van der Waals surface area contributed by atoms with Gasteiger partial charge in [0.2, 0.25) is 5.91 Å². The maximum Gasteiger partial charge on any atom is 0.259 e. The van der Waals surface area contributed by atoms with E-state index in [1.807, 2.05) is 19.9 Å². The molecular formula is C19H22N4O5. The van der Waals surface area contributed by atoms with Crippen molar-refractivity contribution in [2.75, 3.05) is 26.8 Å². The van der Waals surface area contributed by atoms with E-state index in [0.717, 1.165) is 11.3 Å². The van der Waals surface area contributed by atoms with Crippen LogP contribution in [0.25, 0.3) is 22.4 Å². The third-order valence-electron chi connectivity index (χ3n) is 4.22. The lowest BCUT2D eigenvalue weighted by Crippen LogP contribution is -2.38. The molecule has 2 N–H and O–H groups in total. The van der Waals surface area contributed by atoms with Crippen molar-refractivity contribution in [1.82, 2.24) is 20.8 Å². The molecule has 3 aromatic heterocycles. The third-order valence-corrected chi connectivity index (χ3v) is 4.22. The molecule has 0 aliphatic carbocycles. The van der Waals surface area contributed by atoms with E-state index in [1.165, 1.54) is 0 Å². The van der Waals surface area contributed by atoms with Gasteiger partial charge in [-0.05, 0) is 32.9 Å². The van der Waals surface area contributed by atoms with Gasteiger partial charge in [-0.1, -0.05) is 5.16 Å². The van der Waals surface area contributed by atoms with Gasteiger partial charge in [-0.2, -0.15) is 0 Å². The van der Waals surface area contributed by atoms with Gasteiger partial charge in [0.15, 0.2) is 0 Å². The van der Waals surface area contributed by atoms with Gasteiger partial charge in [0.05, 0.1) is 35.5 Å². The van der Waals surface area contributed by atoms with Crippen molar-refractivity contribution in [1.29, 1.82) is 0 Å². The second-order valence-electron chi connectivity index (χ2n) is 6.36. The number of pyridine rings is 1. The molecule has 0 fully saturated rings. The smallest absolute Gasteiger partial charge is 0.259 e. The molecule has 0 atom stereocenters. The van der Waals surface area contributed by atoms with Crippen LogP contribution in [-0.2, 0) is 9.53 Å². The number of hydrogen-bond acceptors (Lipinski definition) is 7. The Morgan fingerprint density at radius 3 is 2.64 bits per heavy atom. The van der Waals surface area contributed by atoms with Crippen LogP contribution in [0.2, 0.25) is 0 Å². The van der Waals surface area contributed by atoms with Gasteiger partial charge < -0.3 is 24.3 Å². The van der Waals surface area contributed by atoms with E-state index < -0.39 is 5.91 Å². The maximum atomic E-state index is 12.8. The van der Waals surface area contributed by atoms with Crippen LogP contribution < -0.4 is 10.6 Å². The Balaban J connectivity index is 1.88. The molecule has 0 saturated carbocycles. The lowest BCUT2D eigenvalue weighted by molar-refractivity contribution is -0.120. The summed E-state index contributed by atoms with van der Waals surface area (Å²) in [6.07, 6.45) is 0. The van der Waals surface area contributed by atoms with Crippen molar-refractivity contribution in [2.45, 2.75) is 20.8 Å². The molecule has 0 aliphatic rings. The predicted molar refractivity (Wildman–Crippen MR) is 101 cm³/mol. The summed E-state index contributed by atoms with van der Waals surface area (Å²) in [5, 5.41) is 9.69. The van der Waals surface area contributed by atoms with Crippen molar-refractivity contribution in [3.63, 3.8) is 0 Å². The molecule has 0 saturated heterocycles. The molecule has 3 rings (SSSR count). The zero-order chi connectivity index (χ0) is 20.3. The lowest BCUT2D eigenvalue weighted by Gasteiger charge is -2.08. The summed E-state index contributed by atoms with van der Waals surface area (Å²) in [5.41, 5.74) is 2.43. The Bertz CT molecular complexity index is 1020. The van der Waals surface area contributed by atoms with Gasteiger partial charge in [-0.25, -0.2) is 4.98 Å². The average Bonchev–Trinajstić information content (AvgIpc) is 3.21. The average molecular weight is 386 g/mol. The van der Waals surface area contributed by atoms with Crippen molar-refractivity contribution in [2.24, 2.45) is 0 Å².